The molecular formula is C14H22N4O. The van der Waals surface area contributed by atoms with E-state index in [0.29, 0.717) is 17.3 Å². The zero-order chi connectivity index (χ0) is 14.0. The van der Waals surface area contributed by atoms with Crippen molar-refractivity contribution < 1.29 is 4.79 Å². The Hall–Kier alpha value is -1.75. The molecule has 0 aromatic heterocycles. The minimum atomic E-state index is -0.443. The molecule has 4 N–H and O–H groups in total. The van der Waals surface area contributed by atoms with Gasteiger partial charge in [-0.2, -0.15) is 0 Å². The average Bonchev–Trinajstić information content (AvgIpc) is 2.50. The van der Waals surface area contributed by atoms with Crippen molar-refractivity contribution >= 4 is 17.3 Å². The van der Waals surface area contributed by atoms with E-state index < -0.39 is 5.91 Å². The van der Waals surface area contributed by atoms with E-state index in [2.05, 4.69) is 23.8 Å². The number of rotatable bonds is 2. The standard InChI is InChI=1S/C14H22N4O/c1-10-9-17(2)6-3-7-18(10)13-5-4-11(14(16)19)8-12(13)15/h4-5,8,10H,3,6-7,9,15H2,1-2H3,(H2,16,19). The first-order chi connectivity index (χ1) is 8.99. The van der Waals surface area contributed by atoms with Crippen molar-refractivity contribution in [2.45, 2.75) is 19.4 Å². The van der Waals surface area contributed by atoms with E-state index in [1.165, 1.54) is 0 Å². The predicted octanol–water partition coefficient (Wildman–Crippen LogP) is 0.898. The van der Waals surface area contributed by atoms with E-state index in [-0.39, 0.29) is 0 Å². The number of nitrogens with two attached hydrogens (primary N) is 2. The third kappa shape index (κ3) is 2.98. The molecule has 2 rings (SSSR count). The van der Waals surface area contributed by atoms with Crippen molar-refractivity contribution in [3.8, 4) is 0 Å². The molecule has 1 aromatic rings. The molecule has 104 valence electrons. The monoisotopic (exact) mass is 262 g/mol. The van der Waals surface area contributed by atoms with Crippen molar-refractivity contribution in [3.05, 3.63) is 23.8 Å². The second kappa shape index (κ2) is 5.48. The Morgan fingerprint density at radius 3 is 2.74 bits per heavy atom. The highest BCUT2D eigenvalue weighted by atomic mass is 16.1. The van der Waals surface area contributed by atoms with Gasteiger partial charge in [0.2, 0.25) is 5.91 Å². The Morgan fingerprint density at radius 1 is 1.37 bits per heavy atom. The van der Waals surface area contributed by atoms with Gasteiger partial charge in [-0.15, -0.1) is 0 Å². The van der Waals surface area contributed by atoms with Crippen molar-refractivity contribution in [3.63, 3.8) is 0 Å². The SMILES string of the molecule is CC1CN(C)CCCN1c1ccc(C(N)=O)cc1N. The number of likely N-dealkylation sites (N-methyl/N-ethyl adjacent to an activating group) is 1. The van der Waals surface area contributed by atoms with Gasteiger partial charge in [-0.25, -0.2) is 0 Å². The predicted molar refractivity (Wildman–Crippen MR) is 78.3 cm³/mol. The first-order valence-corrected chi connectivity index (χ1v) is 6.63. The molecule has 0 bridgehead atoms. The quantitative estimate of drug-likeness (QED) is 0.776. The van der Waals surface area contributed by atoms with Gasteiger partial charge in [-0.1, -0.05) is 0 Å². The summed E-state index contributed by atoms with van der Waals surface area (Å²) in [6, 6.07) is 5.71. The fraction of sp³-hybridized carbons (Fsp3) is 0.500. The molecule has 1 amide bonds. The van der Waals surface area contributed by atoms with E-state index in [1.54, 1.807) is 12.1 Å². The molecule has 0 aliphatic carbocycles. The lowest BCUT2D eigenvalue weighted by Gasteiger charge is -2.31. The summed E-state index contributed by atoms with van der Waals surface area (Å²) < 4.78 is 0. The minimum absolute atomic E-state index is 0.397. The summed E-state index contributed by atoms with van der Waals surface area (Å²) in [5, 5.41) is 0. The van der Waals surface area contributed by atoms with E-state index in [4.69, 9.17) is 11.5 Å². The normalized spacial score (nSPS) is 21.2. The van der Waals surface area contributed by atoms with Gasteiger partial charge >= 0.3 is 0 Å². The van der Waals surface area contributed by atoms with E-state index in [1.807, 2.05) is 6.07 Å². The number of hydrogen-bond donors (Lipinski definition) is 2. The van der Waals surface area contributed by atoms with Crippen LogP contribution in [-0.2, 0) is 0 Å². The fourth-order valence-electron chi connectivity index (χ4n) is 2.70. The largest absolute Gasteiger partial charge is 0.397 e. The van der Waals surface area contributed by atoms with Gasteiger partial charge in [0.15, 0.2) is 0 Å². The first kappa shape index (κ1) is 13.7. The lowest BCUT2D eigenvalue weighted by atomic mass is 10.1. The lowest BCUT2D eigenvalue weighted by molar-refractivity contribution is 0.100. The average molecular weight is 262 g/mol. The van der Waals surface area contributed by atoms with Gasteiger partial charge in [-0.3, -0.25) is 4.79 Å². The van der Waals surface area contributed by atoms with Gasteiger partial charge in [-0.05, 0) is 45.1 Å². The van der Waals surface area contributed by atoms with E-state index in [0.717, 1.165) is 31.7 Å². The molecule has 5 nitrogen and oxygen atoms in total. The number of nitrogen functional groups attached to an aromatic ring is 1. The Balaban J connectivity index is 2.27. The van der Waals surface area contributed by atoms with Gasteiger partial charge in [0, 0.05) is 24.7 Å². The molecule has 1 heterocycles. The minimum Gasteiger partial charge on any atom is -0.397 e. The molecule has 1 atom stereocenters. The molecule has 1 fully saturated rings. The van der Waals surface area contributed by atoms with Crippen LogP contribution >= 0.6 is 0 Å². The second-order valence-corrected chi connectivity index (χ2v) is 5.30. The molecule has 1 aromatic carbocycles. The summed E-state index contributed by atoms with van der Waals surface area (Å²) in [7, 11) is 2.14. The van der Waals surface area contributed by atoms with Crippen LogP contribution in [-0.4, -0.2) is 43.5 Å². The van der Waals surface area contributed by atoms with Crippen molar-refractivity contribution in [1.29, 1.82) is 0 Å². The molecule has 1 saturated heterocycles. The maximum atomic E-state index is 11.1. The lowest BCUT2D eigenvalue weighted by Crippen LogP contribution is -2.38. The van der Waals surface area contributed by atoms with Crippen LogP contribution in [0.5, 0.6) is 0 Å². The number of amides is 1. The molecule has 0 radical (unpaired) electrons. The summed E-state index contributed by atoms with van der Waals surface area (Å²) in [5.41, 5.74) is 13.4. The summed E-state index contributed by atoms with van der Waals surface area (Å²) in [6.07, 6.45) is 1.11. The highest BCUT2D eigenvalue weighted by Gasteiger charge is 2.21. The molecule has 5 heteroatoms. The summed E-state index contributed by atoms with van der Waals surface area (Å²) in [4.78, 5) is 15.8. The topological polar surface area (TPSA) is 75.6 Å². The zero-order valence-electron chi connectivity index (χ0n) is 11.6. The van der Waals surface area contributed by atoms with Gasteiger partial charge in [0.25, 0.3) is 0 Å². The third-order valence-corrected chi connectivity index (χ3v) is 3.67. The van der Waals surface area contributed by atoms with Crippen molar-refractivity contribution in [2.75, 3.05) is 37.3 Å². The van der Waals surface area contributed by atoms with Crippen LogP contribution in [0.4, 0.5) is 11.4 Å². The van der Waals surface area contributed by atoms with Crippen LogP contribution in [0.2, 0.25) is 0 Å². The Labute approximate surface area is 114 Å². The number of anilines is 2. The highest BCUT2D eigenvalue weighted by molar-refractivity contribution is 5.94. The Kier molecular flexibility index (Phi) is 3.95. The highest BCUT2D eigenvalue weighted by Crippen LogP contribution is 2.27. The summed E-state index contributed by atoms with van der Waals surface area (Å²) >= 11 is 0. The third-order valence-electron chi connectivity index (χ3n) is 3.67. The number of hydrogen-bond acceptors (Lipinski definition) is 4. The van der Waals surface area contributed by atoms with E-state index >= 15 is 0 Å². The fourth-order valence-corrected chi connectivity index (χ4v) is 2.70. The Bertz CT molecular complexity index is 475. The molecule has 1 unspecified atom stereocenters. The Morgan fingerprint density at radius 2 is 2.11 bits per heavy atom. The maximum Gasteiger partial charge on any atom is 0.248 e. The maximum absolute atomic E-state index is 11.1. The van der Waals surface area contributed by atoms with Gasteiger partial charge in [0.1, 0.15) is 0 Å². The molecule has 0 spiro atoms. The number of carbonyl (C=O) groups excluding carboxylic acids is 1. The molecule has 1 aliphatic heterocycles. The zero-order valence-corrected chi connectivity index (χ0v) is 11.6. The van der Waals surface area contributed by atoms with Crippen LogP contribution in [0.1, 0.15) is 23.7 Å². The number of benzene rings is 1. The molecule has 1 aliphatic rings. The number of carbonyl (C=O) groups is 1. The summed E-state index contributed by atoms with van der Waals surface area (Å²) in [5.74, 6) is -0.443. The molecule has 19 heavy (non-hydrogen) atoms. The van der Waals surface area contributed by atoms with Crippen molar-refractivity contribution in [2.24, 2.45) is 5.73 Å². The van der Waals surface area contributed by atoms with Gasteiger partial charge in [0.05, 0.1) is 11.4 Å². The number of primary amides is 1. The van der Waals surface area contributed by atoms with Crippen LogP contribution in [0.15, 0.2) is 18.2 Å². The number of nitrogens with zero attached hydrogens (tertiary/aromatic N) is 2. The van der Waals surface area contributed by atoms with Crippen LogP contribution < -0.4 is 16.4 Å². The van der Waals surface area contributed by atoms with Crippen LogP contribution in [0.25, 0.3) is 0 Å². The van der Waals surface area contributed by atoms with Crippen molar-refractivity contribution in [1.82, 2.24) is 4.90 Å². The smallest absolute Gasteiger partial charge is 0.248 e. The van der Waals surface area contributed by atoms with Crippen LogP contribution in [0.3, 0.4) is 0 Å². The first-order valence-electron chi connectivity index (χ1n) is 6.63. The van der Waals surface area contributed by atoms with E-state index in [9.17, 15) is 4.79 Å². The second-order valence-electron chi connectivity index (χ2n) is 5.30. The molecular weight excluding hydrogens is 240 g/mol. The van der Waals surface area contributed by atoms with Crippen LogP contribution in [0, 0.1) is 0 Å². The molecule has 0 saturated carbocycles. The van der Waals surface area contributed by atoms with Gasteiger partial charge < -0.3 is 21.3 Å². The summed E-state index contributed by atoms with van der Waals surface area (Å²) in [6.45, 7) is 5.28.